The Morgan fingerprint density at radius 2 is 2.21 bits per heavy atom. The van der Waals surface area contributed by atoms with Crippen LogP contribution in [0.25, 0.3) is 5.57 Å². The van der Waals surface area contributed by atoms with Gasteiger partial charge in [-0.1, -0.05) is 18.6 Å². The molecule has 4 heteroatoms. The van der Waals surface area contributed by atoms with E-state index in [0.717, 1.165) is 30.7 Å². The summed E-state index contributed by atoms with van der Waals surface area (Å²) in [5.74, 6) is 0.686. The number of ether oxygens (including phenoxy) is 2. The molecule has 0 N–H and O–H groups in total. The van der Waals surface area contributed by atoms with Crippen LogP contribution in [0.4, 0.5) is 0 Å². The molecule has 0 unspecified atom stereocenters. The van der Waals surface area contributed by atoms with E-state index in [0.29, 0.717) is 12.1 Å². The lowest BCUT2D eigenvalue weighted by Gasteiger charge is -2.37. The van der Waals surface area contributed by atoms with Gasteiger partial charge in [-0.2, -0.15) is 0 Å². The summed E-state index contributed by atoms with van der Waals surface area (Å²) in [7, 11) is 1.70. The number of methoxy groups -OCH3 is 1. The summed E-state index contributed by atoms with van der Waals surface area (Å²) in [5, 5.41) is 0. The van der Waals surface area contributed by atoms with Crippen LogP contribution in [0.2, 0.25) is 0 Å². The molecule has 1 aromatic rings. The molecule has 0 amide bonds. The van der Waals surface area contributed by atoms with Crippen molar-refractivity contribution in [3.63, 3.8) is 0 Å². The van der Waals surface area contributed by atoms with Crippen molar-refractivity contribution in [3.05, 3.63) is 47.6 Å². The SMILES string of the molecule is COc1cccc(C2=CC3=CC(=O)O[C@@]34C[C@@H]2N2CCCC[C@@H]24)c1. The average Bonchev–Trinajstić information content (AvgIpc) is 3.10. The summed E-state index contributed by atoms with van der Waals surface area (Å²) >= 11 is 0. The third kappa shape index (κ3) is 1.80. The van der Waals surface area contributed by atoms with Crippen LogP contribution >= 0.6 is 0 Å². The summed E-state index contributed by atoms with van der Waals surface area (Å²) < 4.78 is 11.3. The van der Waals surface area contributed by atoms with Gasteiger partial charge in [0.25, 0.3) is 0 Å². The molecule has 1 aliphatic carbocycles. The molecule has 1 aromatic carbocycles. The van der Waals surface area contributed by atoms with Crippen molar-refractivity contribution in [2.75, 3.05) is 13.7 Å². The van der Waals surface area contributed by atoms with Crippen molar-refractivity contribution >= 4 is 11.5 Å². The highest BCUT2D eigenvalue weighted by Crippen LogP contribution is 2.55. The fourth-order valence-corrected chi connectivity index (χ4v) is 5.10. The molecule has 2 fully saturated rings. The lowest BCUT2D eigenvalue weighted by atomic mass is 9.77. The second-order valence-electron chi connectivity index (χ2n) is 7.21. The molecule has 24 heavy (non-hydrogen) atoms. The lowest BCUT2D eigenvalue weighted by molar-refractivity contribution is -0.148. The van der Waals surface area contributed by atoms with Gasteiger partial charge in [-0.15, -0.1) is 0 Å². The maximum absolute atomic E-state index is 12.0. The quantitative estimate of drug-likeness (QED) is 0.785. The van der Waals surface area contributed by atoms with Gasteiger partial charge in [0.05, 0.1) is 13.2 Å². The molecule has 1 spiro atoms. The molecule has 3 atom stereocenters. The Morgan fingerprint density at radius 1 is 1.29 bits per heavy atom. The number of piperidine rings is 1. The third-order valence-electron chi connectivity index (χ3n) is 6.10. The number of hydrogen-bond donors (Lipinski definition) is 0. The number of hydrogen-bond acceptors (Lipinski definition) is 4. The first-order chi connectivity index (χ1) is 11.7. The first-order valence-corrected chi connectivity index (χ1v) is 8.78. The first kappa shape index (κ1) is 14.3. The highest BCUT2D eigenvalue weighted by Gasteiger charge is 2.61. The highest BCUT2D eigenvalue weighted by molar-refractivity contribution is 5.91. The topological polar surface area (TPSA) is 38.8 Å². The summed E-state index contributed by atoms with van der Waals surface area (Å²) in [5.41, 5.74) is 3.14. The van der Waals surface area contributed by atoms with Crippen LogP contribution in [0, 0.1) is 0 Å². The van der Waals surface area contributed by atoms with E-state index in [4.69, 9.17) is 9.47 Å². The largest absolute Gasteiger partial charge is 0.497 e. The number of fused-ring (bicyclic) bond motifs is 3. The number of nitrogens with zero attached hydrogens (tertiary/aromatic N) is 1. The molecule has 4 aliphatic rings. The fraction of sp³-hybridized carbons (Fsp3) is 0.450. The molecule has 0 aromatic heterocycles. The van der Waals surface area contributed by atoms with E-state index in [9.17, 15) is 4.79 Å². The molecule has 3 heterocycles. The summed E-state index contributed by atoms with van der Waals surface area (Å²) in [6, 6.07) is 8.88. The highest BCUT2D eigenvalue weighted by atomic mass is 16.6. The molecule has 4 nitrogen and oxygen atoms in total. The minimum atomic E-state index is -0.398. The Kier molecular flexibility index (Phi) is 2.95. The molecule has 0 radical (unpaired) electrons. The number of esters is 1. The van der Waals surface area contributed by atoms with Crippen LogP contribution < -0.4 is 4.74 Å². The van der Waals surface area contributed by atoms with Gasteiger partial charge in [-0.3, -0.25) is 4.90 Å². The predicted molar refractivity (Wildman–Crippen MR) is 90.6 cm³/mol. The zero-order chi connectivity index (χ0) is 16.3. The molecule has 2 saturated heterocycles. The third-order valence-corrected chi connectivity index (χ3v) is 6.10. The number of carbonyl (C=O) groups is 1. The van der Waals surface area contributed by atoms with Crippen molar-refractivity contribution < 1.29 is 14.3 Å². The lowest BCUT2D eigenvalue weighted by Crippen LogP contribution is -2.48. The molecular weight excluding hydrogens is 302 g/mol. The van der Waals surface area contributed by atoms with Gasteiger partial charge >= 0.3 is 5.97 Å². The van der Waals surface area contributed by atoms with Crippen LogP contribution in [-0.2, 0) is 9.53 Å². The molecular formula is C20H21NO3. The number of carbonyl (C=O) groups excluding carboxylic acids is 1. The van der Waals surface area contributed by atoms with Crippen molar-refractivity contribution in [2.45, 2.75) is 43.4 Å². The maximum atomic E-state index is 12.0. The van der Waals surface area contributed by atoms with Crippen LogP contribution in [0.3, 0.4) is 0 Å². The zero-order valence-electron chi connectivity index (χ0n) is 13.8. The number of benzene rings is 1. The van der Waals surface area contributed by atoms with Crippen LogP contribution in [0.15, 0.2) is 42.0 Å². The Hall–Kier alpha value is -2.07. The Balaban J connectivity index is 1.65. The molecule has 5 rings (SSSR count). The molecule has 0 saturated carbocycles. The summed E-state index contributed by atoms with van der Waals surface area (Å²) in [6.45, 7) is 1.09. The summed E-state index contributed by atoms with van der Waals surface area (Å²) in [6.07, 6.45) is 8.34. The maximum Gasteiger partial charge on any atom is 0.332 e. The Labute approximate surface area is 141 Å². The van der Waals surface area contributed by atoms with Crippen molar-refractivity contribution in [1.82, 2.24) is 4.90 Å². The Morgan fingerprint density at radius 3 is 3.08 bits per heavy atom. The minimum absolute atomic E-state index is 0.181. The molecule has 3 aliphatic heterocycles. The molecule has 124 valence electrons. The van der Waals surface area contributed by atoms with Crippen molar-refractivity contribution in [2.24, 2.45) is 0 Å². The predicted octanol–water partition coefficient (Wildman–Crippen LogP) is 2.94. The first-order valence-electron chi connectivity index (χ1n) is 8.78. The van der Waals surface area contributed by atoms with Crippen LogP contribution in [0.5, 0.6) is 5.75 Å². The zero-order valence-corrected chi connectivity index (χ0v) is 13.8. The van der Waals surface area contributed by atoms with E-state index >= 15 is 0 Å². The van der Waals surface area contributed by atoms with Gasteiger partial charge in [-0.25, -0.2) is 4.79 Å². The number of rotatable bonds is 2. The smallest absolute Gasteiger partial charge is 0.332 e. The van der Waals surface area contributed by atoms with Crippen molar-refractivity contribution in [3.8, 4) is 5.75 Å². The van der Waals surface area contributed by atoms with Gasteiger partial charge in [-0.05, 0) is 48.7 Å². The van der Waals surface area contributed by atoms with Crippen molar-refractivity contribution in [1.29, 1.82) is 0 Å². The van der Waals surface area contributed by atoms with Crippen LogP contribution in [0.1, 0.15) is 31.2 Å². The van der Waals surface area contributed by atoms with Gasteiger partial charge < -0.3 is 9.47 Å². The van der Waals surface area contributed by atoms with Gasteiger partial charge in [0.1, 0.15) is 5.75 Å². The van der Waals surface area contributed by atoms with Gasteiger partial charge in [0.2, 0.25) is 0 Å². The van der Waals surface area contributed by atoms with E-state index < -0.39 is 5.60 Å². The van der Waals surface area contributed by atoms with Gasteiger partial charge in [0.15, 0.2) is 5.60 Å². The van der Waals surface area contributed by atoms with Gasteiger partial charge in [0, 0.05) is 24.1 Å². The summed E-state index contributed by atoms with van der Waals surface area (Å²) in [4.78, 5) is 14.6. The van der Waals surface area contributed by atoms with E-state index in [1.54, 1.807) is 13.2 Å². The van der Waals surface area contributed by atoms with E-state index in [1.807, 2.05) is 12.1 Å². The Bertz CT molecular complexity index is 781. The van der Waals surface area contributed by atoms with E-state index in [1.165, 1.54) is 24.0 Å². The standard InChI is InChI=1S/C20H21NO3/c1-23-15-6-4-5-13(9-15)16-10-14-11-19(22)24-20(14)12-17(16)21-8-3-2-7-18(20)21/h4-6,9-11,17-18H,2-3,7-8,12H2,1H3/t17-,18+,20-/m0/s1. The monoisotopic (exact) mass is 323 g/mol. The minimum Gasteiger partial charge on any atom is -0.497 e. The molecule has 2 bridgehead atoms. The second kappa shape index (κ2) is 4.96. The fourth-order valence-electron chi connectivity index (χ4n) is 5.10. The van der Waals surface area contributed by atoms with Crippen LogP contribution in [-0.4, -0.2) is 42.2 Å². The normalized spacial score (nSPS) is 34.1. The van der Waals surface area contributed by atoms with E-state index in [2.05, 4.69) is 23.1 Å². The van der Waals surface area contributed by atoms with E-state index in [-0.39, 0.29) is 5.97 Å². The second-order valence-corrected chi connectivity index (χ2v) is 7.21. The average molecular weight is 323 g/mol.